The number of hydrogen-bond donors (Lipinski definition) is 0. The van der Waals surface area contributed by atoms with E-state index in [-0.39, 0.29) is 23.9 Å². The number of halogens is 1. The van der Waals surface area contributed by atoms with Gasteiger partial charge in [0.15, 0.2) is 5.82 Å². The molecule has 1 heterocycles. The number of fused-ring (bicyclic) bond motifs is 1. The lowest BCUT2D eigenvalue weighted by molar-refractivity contribution is 0.299. The van der Waals surface area contributed by atoms with E-state index in [9.17, 15) is 9.18 Å². The summed E-state index contributed by atoms with van der Waals surface area (Å²) in [6.07, 6.45) is 1.57. The SMILES string of the molecule is CCOc1cc(C)c(-c2nc3ccccc3c(=O)n2N=Cc2ccccc2OCc2ccccc2F)cc1C(C)C. The summed E-state index contributed by atoms with van der Waals surface area (Å²) >= 11 is 0. The molecule has 0 saturated carbocycles. The van der Waals surface area contributed by atoms with Gasteiger partial charge in [0, 0.05) is 16.7 Å². The molecule has 0 N–H and O–H groups in total. The Bertz CT molecular complexity index is 1790. The molecule has 0 fully saturated rings. The Labute approximate surface area is 238 Å². The molecule has 0 aliphatic heterocycles. The lowest BCUT2D eigenvalue weighted by atomic mass is 9.96. The van der Waals surface area contributed by atoms with Crippen LogP contribution in [0.2, 0.25) is 0 Å². The van der Waals surface area contributed by atoms with Crippen LogP contribution in [0.1, 0.15) is 48.9 Å². The highest BCUT2D eigenvalue weighted by Gasteiger charge is 2.18. The zero-order chi connectivity index (χ0) is 28.9. The van der Waals surface area contributed by atoms with Gasteiger partial charge in [0.25, 0.3) is 5.56 Å². The first-order chi connectivity index (χ1) is 19.9. The maximum Gasteiger partial charge on any atom is 0.282 e. The third-order valence-electron chi connectivity index (χ3n) is 6.85. The molecular weight excluding hydrogens is 517 g/mol. The van der Waals surface area contributed by atoms with Crippen LogP contribution < -0.4 is 15.0 Å². The first-order valence-electron chi connectivity index (χ1n) is 13.7. The Morgan fingerprint density at radius 2 is 1.68 bits per heavy atom. The molecule has 0 aliphatic carbocycles. The van der Waals surface area contributed by atoms with Crippen LogP contribution in [0.15, 0.2) is 94.8 Å². The average Bonchev–Trinajstić information content (AvgIpc) is 2.97. The zero-order valence-electron chi connectivity index (χ0n) is 23.6. The van der Waals surface area contributed by atoms with Crippen molar-refractivity contribution >= 4 is 17.1 Å². The van der Waals surface area contributed by atoms with E-state index in [1.165, 1.54) is 10.7 Å². The third-order valence-corrected chi connectivity index (χ3v) is 6.85. The van der Waals surface area contributed by atoms with E-state index in [0.29, 0.717) is 40.2 Å². The second-order valence-electron chi connectivity index (χ2n) is 10.0. The van der Waals surface area contributed by atoms with Crippen LogP contribution in [0.25, 0.3) is 22.3 Å². The summed E-state index contributed by atoms with van der Waals surface area (Å²) in [5.74, 6) is 1.63. The fourth-order valence-corrected chi connectivity index (χ4v) is 4.69. The number of hydrogen-bond acceptors (Lipinski definition) is 5. The Morgan fingerprint density at radius 1 is 0.951 bits per heavy atom. The molecule has 6 nitrogen and oxygen atoms in total. The molecule has 0 unspecified atom stereocenters. The Hall–Kier alpha value is -4.78. The van der Waals surface area contributed by atoms with Gasteiger partial charge in [-0.3, -0.25) is 4.79 Å². The van der Waals surface area contributed by atoms with Gasteiger partial charge in [-0.1, -0.05) is 56.3 Å². The Balaban J connectivity index is 1.62. The third kappa shape index (κ3) is 5.89. The van der Waals surface area contributed by atoms with Gasteiger partial charge in [-0.25, -0.2) is 9.37 Å². The molecule has 0 amide bonds. The van der Waals surface area contributed by atoms with Gasteiger partial charge in [0.2, 0.25) is 0 Å². The molecular formula is C34H32FN3O3. The molecule has 0 spiro atoms. The molecule has 208 valence electrons. The number of ether oxygens (including phenoxy) is 2. The first kappa shape index (κ1) is 27.8. The molecule has 1 aromatic heterocycles. The van der Waals surface area contributed by atoms with E-state index in [4.69, 9.17) is 14.5 Å². The molecule has 0 radical (unpaired) electrons. The lowest BCUT2D eigenvalue weighted by Crippen LogP contribution is -2.21. The van der Waals surface area contributed by atoms with Gasteiger partial charge < -0.3 is 9.47 Å². The Kier molecular flexibility index (Phi) is 8.24. The second-order valence-corrected chi connectivity index (χ2v) is 10.0. The minimum absolute atomic E-state index is 0.0591. The van der Waals surface area contributed by atoms with Gasteiger partial charge in [-0.15, -0.1) is 0 Å². The van der Waals surface area contributed by atoms with Gasteiger partial charge in [0.05, 0.1) is 23.7 Å². The van der Waals surface area contributed by atoms with Crippen LogP contribution >= 0.6 is 0 Å². The van der Waals surface area contributed by atoms with Gasteiger partial charge >= 0.3 is 0 Å². The highest BCUT2D eigenvalue weighted by atomic mass is 19.1. The minimum atomic E-state index is -0.330. The first-order valence-corrected chi connectivity index (χ1v) is 13.7. The van der Waals surface area contributed by atoms with Crippen molar-refractivity contribution < 1.29 is 13.9 Å². The summed E-state index contributed by atoms with van der Waals surface area (Å²) in [5, 5.41) is 5.10. The summed E-state index contributed by atoms with van der Waals surface area (Å²) < 4.78 is 27.4. The maximum absolute atomic E-state index is 14.2. The smallest absolute Gasteiger partial charge is 0.282 e. The fourth-order valence-electron chi connectivity index (χ4n) is 4.69. The van der Waals surface area contributed by atoms with Crippen molar-refractivity contribution in [2.24, 2.45) is 5.10 Å². The molecule has 5 aromatic rings. The van der Waals surface area contributed by atoms with E-state index < -0.39 is 0 Å². The molecule has 0 aliphatic rings. The molecule has 0 saturated heterocycles. The average molecular weight is 550 g/mol. The Morgan fingerprint density at radius 3 is 2.46 bits per heavy atom. The normalized spacial score (nSPS) is 11.5. The van der Waals surface area contributed by atoms with E-state index >= 15 is 0 Å². The van der Waals surface area contributed by atoms with Crippen molar-refractivity contribution in [1.82, 2.24) is 9.66 Å². The molecule has 41 heavy (non-hydrogen) atoms. The predicted molar refractivity (Wildman–Crippen MR) is 162 cm³/mol. The number of benzene rings is 4. The van der Waals surface area contributed by atoms with E-state index in [2.05, 4.69) is 18.9 Å². The van der Waals surface area contributed by atoms with Crippen molar-refractivity contribution in [3.8, 4) is 22.9 Å². The molecule has 7 heteroatoms. The van der Waals surface area contributed by atoms with Gasteiger partial charge in [-0.2, -0.15) is 9.78 Å². The monoisotopic (exact) mass is 549 g/mol. The highest BCUT2D eigenvalue weighted by molar-refractivity contribution is 5.84. The van der Waals surface area contributed by atoms with E-state index in [0.717, 1.165) is 22.4 Å². The topological polar surface area (TPSA) is 65.7 Å². The summed E-state index contributed by atoms with van der Waals surface area (Å²) in [6, 6.07) is 25.1. The highest BCUT2D eigenvalue weighted by Crippen LogP contribution is 2.34. The van der Waals surface area contributed by atoms with Crippen LogP contribution in [0.5, 0.6) is 11.5 Å². The van der Waals surface area contributed by atoms with E-state index in [1.807, 2.05) is 62.4 Å². The minimum Gasteiger partial charge on any atom is -0.494 e. The van der Waals surface area contributed by atoms with Crippen LogP contribution in [0.4, 0.5) is 4.39 Å². The van der Waals surface area contributed by atoms with Crippen LogP contribution in [-0.2, 0) is 6.61 Å². The van der Waals surface area contributed by atoms with Gasteiger partial charge in [0.1, 0.15) is 23.9 Å². The molecule has 0 bridgehead atoms. The standard InChI is InChI=1S/C34H32FN3O3/c1-5-40-32-18-23(4)28(19-27(32)22(2)3)33-37-30-16-10-8-14-26(30)34(39)38(33)36-20-24-12-7-11-17-31(24)41-21-25-13-6-9-15-29(25)35/h6-20,22H,5,21H2,1-4H3. The van der Waals surface area contributed by atoms with Crippen LogP contribution in [-0.4, -0.2) is 22.5 Å². The number of aromatic nitrogens is 2. The predicted octanol–water partition coefficient (Wildman–Crippen LogP) is 7.49. The van der Waals surface area contributed by atoms with Crippen molar-refractivity contribution in [1.29, 1.82) is 0 Å². The van der Waals surface area contributed by atoms with E-state index in [1.54, 1.807) is 36.5 Å². The van der Waals surface area contributed by atoms with Crippen molar-refractivity contribution in [2.45, 2.75) is 40.2 Å². The lowest BCUT2D eigenvalue weighted by Gasteiger charge is -2.18. The van der Waals surface area contributed by atoms with Crippen molar-refractivity contribution in [2.75, 3.05) is 6.61 Å². The largest absolute Gasteiger partial charge is 0.494 e. The summed E-state index contributed by atoms with van der Waals surface area (Å²) in [5.41, 5.74) is 4.12. The van der Waals surface area contributed by atoms with Crippen LogP contribution in [0.3, 0.4) is 0 Å². The zero-order valence-corrected chi connectivity index (χ0v) is 23.6. The number of aryl methyl sites for hydroxylation is 1. The number of nitrogens with zero attached hydrogens (tertiary/aromatic N) is 3. The van der Waals surface area contributed by atoms with Crippen molar-refractivity contribution in [3.05, 3.63) is 123 Å². The van der Waals surface area contributed by atoms with Crippen LogP contribution in [0, 0.1) is 12.7 Å². The molecule has 4 aromatic carbocycles. The summed E-state index contributed by atoms with van der Waals surface area (Å²) in [6.45, 7) is 8.76. The second kappa shape index (κ2) is 12.2. The molecule has 0 atom stereocenters. The maximum atomic E-state index is 14.2. The van der Waals surface area contributed by atoms with Gasteiger partial charge in [-0.05, 0) is 73.4 Å². The molecule has 5 rings (SSSR count). The van der Waals surface area contributed by atoms with Crippen molar-refractivity contribution in [3.63, 3.8) is 0 Å². The number of rotatable bonds is 9. The summed E-state index contributed by atoms with van der Waals surface area (Å²) in [4.78, 5) is 18.7. The quantitative estimate of drug-likeness (QED) is 0.179. The summed E-state index contributed by atoms with van der Waals surface area (Å²) in [7, 11) is 0. The number of para-hydroxylation sites is 2. The fraction of sp³-hybridized carbons (Fsp3) is 0.206.